The van der Waals surface area contributed by atoms with Crippen molar-refractivity contribution in [2.75, 3.05) is 26.0 Å². The van der Waals surface area contributed by atoms with Gasteiger partial charge in [0, 0.05) is 30.5 Å². The molecule has 0 radical (unpaired) electrons. The lowest BCUT2D eigenvalue weighted by atomic mass is 9.55. The summed E-state index contributed by atoms with van der Waals surface area (Å²) in [5, 5.41) is 3.58. The van der Waals surface area contributed by atoms with Gasteiger partial charge in [-0.1, -0.05) is 13.8 Å². The highest BCUT2D eigenvalue weighted by atomic mass is 32.2. The smallest absolute Gasteiger partial charge is 0.208 e. The first kappa shape index (κ1) is 15.2. The molecule has 0 spiro atoms. The van der Waals surface area contributed by atoms with E-state index >= 15 is 0 Å². The second-order valence-electron chi connectivity index (χ2n) is 6.37. The maximum absolute atomic E-state index is 10.9. The summed E-state index contributed by atoms with van der Waals surface area (Å²) < 4.78 is 30.3. The van der Waals surface area contributed by atoms with Gasteiger partial charge in [-0.05, 0) is 25.8 Å². The molecule has 2 aliphatic rings. The molecule has 1 aliphatic heterocycles. The van der Waals surface area contributed by atoms with Crippen molar-refractivity contribution in [3.63, 3.8) is 0 Å². The first-order valence-corrected chi connectivity index (χ1v) is 9.01. The van der Waals surface area contributed by atoms with Crippen LogP contribution < -0.4 is 10.0 Å². The topological polar surface area (TPSA) is 67.4 Å². The lowest BCUT2D eigenvalue weighted by Gasteiger charge is -2.60. The zero-order valence-electron chi connectivity index (χ0n) is 12.1. The van der Waals surface area contributed by atoms with Gasteiger partial charge >= 0.3 is 0 Å². The predicted octanol–water partition coefficient (Wildman–Crippen LogP) is 0.719. The minimum Gasteiger partial charge on any atom is -0.377 e. The molecule has 1 saturated carbocycles. The SMILES string of the molecule is CC1(C)C(NCCCNS(C)(=O)=O)C2CCCOC21. The van der Waals surface area contributed by atoms with Gasteiger partial charge in [-0.25, -0.2) is 13.1 Å². The Hall–Kier alpha value is -0.170. The van der Waals surface area contributed by atoms with E-state index in [2.05, 4.69) is 23.9 Å². The first-order chi connectivity index (χ1) is 8.82. The highest BCUT2D eigenvalue weighted by molar-refractivity contribution is 7.88. The minimum absolute atomic E-state index is 0.190. The van der Waals surface area contributed by atoms with Crippen LogP contribution in [0.2, 0.25) is 0 Å². The van der Waals surface area contributed by atoms with Gasteiger partial charge in [0.25, 0.3) is 0 Å². The molecule has 2 N–H and O–H groups in total. The van der Waals surface area contributed by atoms with E-state index in [4.69, 9.17) is 4.74 Å². The van der Waals surface area contributed by atoms with Crippen molar-refractivity contribution in [2.45, 2.75) is 45.3 Å². The van der Waals surface area contributed by atoms with Gasteiger partial charge in [0.1, 0.15) is 0 Å². The van der Waals surface area contributed by atoms with Crippen LogP contribution in [0.1, 0.15) is 33.1 Å². The molecule has 1 heterocycles. The molecule has 0 bridgehead atoms. The van der Waals surface area contributed by atoms with Crippen LogP contribution in [0.5, 0.6) is 0 Å². The van der Waals surface area contributed by atoms with Crippen LogP contribution in [0, 0.1) is 11.3 Å². The molecular weight excluding hydrogens is 264 g/mol. The third kappa shape index (κ3) is 3.48. The van der Waals surface area contributed by atoms with Crippen LogP contribution in [0.3, 0.4) is 0 Å². The van der Waals surface area contributed by atoms with E-state index < -0.39 is 10.0 Å². The Morgan fingerprint density at radius 3 is 2.74 bits per heavy atom. The Morgan fingerprint density at radius 2 is 2.05 bits per heavy atom. The van der Waals surface area contributed by atoms with Crippen LogP contribution in [0.25, 0.3) is 0 Å². The fourth-order valence-electron chi connectivity index (χ4n) is 3.54. The summed E-state index contributed by atoms with van der Waals surface area (Å²) in [7, 11) is -3.06. The monoisotopic (exact) mass is 290 g/mol. The first-order valence-electron chi connectivity index (χ1n) is 7.12. The zero-order chi connectivity index (χ0) is 14.1. The molecule has 1 saturated heterocycles. The number of fused-ring (bicyclic) bond motifs is 1. The number of ether oxygens (including phenoxy) is 1. The van der Waals surface area contributed by atoms with Crippen LogP contribution >= 0.6 is 0 Å². The lowest BCUT2D eigenvalue weighted by Crippen LogP contribution is -2.69. The van der Waals surface area contributed by atoms with Crippen molar-refractivity contribution in [1.82, 2.24) is 10.0 Å². The second-order valence-corrected chi connectivity index (χ2v) is 8.20. The number of hydrogen-bond donors (Lipinski definition) is 2. The Labute approximate surface area is 116 Å². The fourth-order valence-corrected chi connectivity index (χ4v) is 4.06. The van der Waals surface area contributed by atoms with E-state index in [0.29, 0.717) is 24.6 Å². The van der Waals surface area contributed by atoms with E-state index in [1.54, 1.807) is 0 Å². The maximum Gasteiger partial charge on any atom is 0.208 e. The average Bonchev–Trinajstić information content (AvgIpc) is 2.32. The van der Waals surface area contributed by atoms with Gasteiger partial charge in [0.2, 0.25) is 10.0 Å². The molecule has 0 aromatic carbocycles. The molecule has 0 aromatic heterocycles. The summed E-state index contributed by atoms with van der Waals surface area (Å²) in [5.41, 5.74) is 0.190. The van der Waals surface area contributed by atoms with Crippen LogP contribution in [0.4, 0.5) is 0 Å². The van der Waals surface area contributed by atoms with Crippen LogP contribution in [-0.2, 0) is 14.8 Å². The normalized spacial score (nSPS) is 33.5. The van der Waals surface area contributed by atoms with E-state index in [1.807, 2.05) is 0 Å². The summed E-state index contributed by atoms with van der Waals surface area (Å²) in [6.45, 7) is 6.76. The van der Waals surface area contributed by atoms with Gasteiger partial charge in [-0.15, -0.1) is 0 Å². The molecule has 3 atom stereocenters. The summed E-state index contributed by atoms with van der Waals surface area (Å²) in [5.74, 6) is 0.631. The summed E-state index contributed by atoms with van der Waals surface area (Å²) in [6.07, 6.45) is 4.81. The maximum atomic E-state index is 10.9. The van der Waals surface area contributed by atoms with Crippen molar-refractivity contribution in [1.29, 1.82) is 0 Å². The van der Waals surface area contributed by atoms with Crippen LogP contribution in [-0.4, -0.2) is 46.5 Å². The van der Waals surface area contributed by atoms with Crippen LogP contribution in [0.15, 0.2) is 0 Å². The molecule has 3 unspecified atom stereocenters. The molecule has 6 heteroatoms. The molecule has 2 rings (SSSR count). The van der Waals surface area contributed by atoms with Crippen molar-refractivity contribution in [3.05, 3.63) is 0 Å². The van der Waals surface area contributed by atoms with Gasteiger partial charge in [0.05, 0.1) is 12.4 Å². The third-order valence-corrected chi connectivity index (χ3v) is 5.14. The van der Waals surface area contributed by atoms with E-state index in [9.17, 15) is 8.42 Å². The van der Waals surface area contributed by atoms with Gasteiger partial charge in [0.15, 0.2) is 0 Å². The molecule has 19 heavy (non-hydrogen) atoms. The quantitative estimate of drug-likeness (QED) is 0.707. The minimum atomic E-state index is -3.06. The Morgan fingerprint density at radius 1 is 1.32 bits per heavy atom. The number of nitrogens with one attached hydrogen (secondary N) is 2. The predicted molar refractivity (Wildman–Crippen MR) is 75.5 cm³/mol. The van der Waals surface area contributed by atoms with Gasteiger partial charge < -0.3 is 10.1 Å². The van der Waals surface area contributed by atoms with Crippen molar-refractivity contribution in [2.24, 2.45) is 11.3 Å². The van der Waals surface area contributed by atoms with Gasteiger partial charge in [-0.2, -0.15) is 0 Å². The Kier molecular flexibility index (Phi) is 4.55. The fraction of sp³-hybridized carbons (Fsp3) is 1.00. The highest BCUT2D eigenvalue weighted by Gasteiger charge is 2.57. The highest BCUT2D eigenvalue weighted by Crippen LogP contribution is 2.51. The lowest BCUT2D eigenvalue weighted by molar-refractivity contribution is -0.192. The summed E-state index contributed by atoms with van der Waals surface area (Å²) >= 11 is 0. The van der Waals surface area contributed by atoms with E-state index in [0.717, 1.165) is 26.0 Å². The van der Waals surface area contributed by atoms with Crippen molar-refractivity contribution < 1.29 is 13.2 Å². The molecule has 1 aliphatic carbocycles. The summed E-state index contributed by atoms with van der Waals surface area (Å²) in [4.78, 5) is 0. The van der Waals surface area contributed by atoms with Crippen molar-refractivity contribution >= 4 is 10.0 Å². The van der Waals surface area contributed by atoms with Crippen molar-refractivity contribution in [3.8, 4) is 0 Å². The van der Waals surface area contributed by atoms with E-state index in [-0.39, 0.29) is 5.41 Å². The average molecular weight is 290 g/mol. The number of hydrogen-bond acceptors (Lipinski definition) is 4. The standard InChI is InChI=1S/C13H26N2O3S/c1-13(2)11(10-6-4-9-18-12(10)13)14-7-5-8-15-19(3,16)17/h10-12,14-15H,4-9H2,1-3H3. The molecule has 112 valence electrons. The Bertz CT molecular complexity index is 408. The number of sulfonamides is 1. The Balaban J connectivity index is 1.71. The largest absolute Gasteiger partial charge is 0.377 e. The third-order valence-electron chi connectivity index (χ3n) is 4.41. The molecule has 0 amide bonds. The molecule has 5 nitrogen and oxygen atoms in total. The molecule has 0 aromatic rings. The van der Waals surface area contributed by atoms with E-state index in [1.165, 1.54) is 12.7 Å². The van der Waals surface area contributed by atoms with Gasteiger partial charge in [-0.3, -0.25) is 0 Å². The zero-order valence-corrected chi connectivity index (χ0v) is 12.9. The molecular formula is C13H26N2O3S. The molecule has 2 fully saturated rings. The second kappa shape index (κ2) is 5.68. The summed E-state index contributed by atoms with van der Waals surface area (Å²) in [6, 6.07) is 0.496. The number of rotatable bonds is 6.